The summed E-state index contributed by atoms with van der Waals surface area (Å²) in [7, 11) is 0. The number of nitrogens with two attached hydrogens (primary N) is 1. The second-order valence-corrected chi connectivity index (χ2v) is 4.42. The van der Waals surface area contributed by atoms with Crippen molar-refractivity contribution in [2.75, 3.05) is 6.54 Å². The number of carbonyl (C=O) groups is 1. The van der Waals surface area contributed by atoms with Crippen molar-refractivity contribution in [3.05, 3.63) is 27.8 Å². The van der Waals surface area contributed by atoms with Gasteiger partial charge in [0.25, 0.3) is 0 Å². The van der Waals surface area contributed by atoms with Gasteiger partial charge >= 0.3 is 0 Å². The van der Waals surface area contributed by atoms with Gasteiger partial charge in [0.15, 0.2) is 5.78 Å². The minimum absolute atomic E-state index is 0.0826. The predicted molar refractivity (Wildman–Crippen MR) is 63.1 cm³/mol. The Hall–Kier alpha value is -1.06. The van der Waals surface area contributed by atoms with E-state index in [1.165, 1.54) is 0 Å². The van der Waals surface area contributed by atoms with E-state index in [9.17, 15) is 9.90 Å². The number of fused-ring (bicyclic) bond motifs is 1. The molecule has 4 heteroatoms. The Morgan fingerprint density at radius 3 is 2.94 bits per heavy atom. The Morgan fingerprint density at radius 2 is 2.25 bits per heavy atom. The van der Waals surface area contributed by atoms with Gasteiger partial charge in [0.1, 0.15) is 5.75 Å². The third-order valence-electron chi connectivity index (χ3n) is 2.98. The van der Waals surface area contributed by atoms with Crippen molar-refractivity contribution in [1.29, 1.82) is 0 Å². The number of ketones is 1. The minimum atomic E-state index is -0.142. The van der Waals surface area contributed by atoms with Gasteiger partial charge in [-0.15, -0.1) is 0 Å². The quantitative estimate of drug-likeness (QED) is 0.794. The summed E-state index contributed by atoms with van der Waals surface area (Å²) < 4.78 is 0. The average molecular weight is 240 g/mol. The molecule has 0 aliphatic heterocycles. The molecule has 1 aliphatic carbocycles. The fourth-order valence-corrected chi connectivity index (χ4v) is 2.48. The van der Waals surface area contributed by atoms with Crippen LogP contribution in [0.25, 0.3) is 0 Å². The third kappa shape index (κ3) is 1.81. The fourth-order valence-electron chi connectivity index (χ4n) is 2.16. The lowest BCUT2D eigenvalue weighted by Gasteiger charge is -2.09. The van der Waals surface area contributed by atoms with Crippen LogP contribution < -0.4 is 5.73 Å². The van der Waals surface area contributed by atoms with Crippen LogP contribution in [0, 0.1) is 0 Å². The molecule has 0 amide bonds. The van der Waals surface area contributed by atoms with Crippen molar-refractivity contribution in [2.45, 2.75) is 25.7 Å². The van der Waals surface area contributed by atoms with E-state index in [0.717, 1.165) is 30.4 Å². The van der Waals surface area contributed by atoms with Crippen LogP contribution in [-0.4, -0.2) is 17.4 Å². The second-order valence-electron chi connectivity index (χ2n) is 4.04. The molecular weight excluding hydrogens is 226 g/mol. The average Bonchev–Trinajstić information content (AvgIpc) is 2.71. The molecule has 3 nitrogen and oxygen atoms in total. The predicted octanol–water partition coefficient (Wildman–Crippen LogP) is 2.07. The first-order valence-electron chi connectivity index (χ1n) is 5.41. The number of hydrogen-bond donors (Lipinski definition) is 2. The zero-order chi connectivity index (χ0) is 11.7. The highest BCUT2D eigenvalue weighted by molar-refractivity contribution is 6.33. The molecule has 0 heterocycles. The highest BCUT2D eigenvalue weighted by atomic mass is 35.5. The zero-order valence-electron chi connectivity index (χ0n) is 8.92. The SMILES string of the molecule is NCCC(=O)c1cc2c(c(Cl)c1O)CCC2. The summed E-state index contributed by atoms with van der Waals surface area (Å²) in [6, 6.07) is 1.77. The molecule has 86 valence electrons. The van der Waals surface area contributed by atoms with Gasteiger partial charge in [-0.3, -0.25) is 4.79 Å². The first kappa shape index (κ1) is 11.4. The van der Waals surface area contributed by atoms with Crippen LogP contribution in [0.4, 0.5) is 0 Å². The largest absolute Gasteiger partial charge is 0.506 e. The molecule has 1 aromatic carbocycles. The summed E-state index contributed by atoms with van der Waals surface area (Å²) in [5.74, 6) is -0.225. The lowest BCUT2D eigenvalue weighted by molar-refractivity contribution is 0.0983. The summed E-state index contributed by atoms with van der Waals surface area (Å²) in [6.45, 7) is 0.285. The Kier molecular flexibility index (Phi) is 3.17. The lowest BCUT2D eigenvalue weighted by atomic mass is 10.0. The van der Waals surface area contributed by atoms with Crippen LogP contribution in [0.2, 0.25) is 5.02 Å². The maximum atomic E-state index is 11.7. The van der Waals surface area contributed by atoms with E-state index in [1.54, 1.807) is 6.07 Å². The molecule has 0 unspecified atom stereocenters. The number of rotatable bonds is 3. The highest BCUT2D eigenvalue weighted by Gasteiger charge is 2.22. The van der Waals surface area contributed by atoms with E-state index in [4.69, 9.17) is 17.3 Å². The Morgan fingerprint density at radius 1 is 1.50 bits per heavy atom. The first-order valence-corrected chi connectivity index (χ1v) is 5.79. The standard InChI is InChI=1S/C12H14ClNO2/c13-11-8-3-1-2-7(8)6-9(12(11)16)10(15)4-5-14/h6,16H,1-5,14H2. The fraction of sp³-hybridized carbons (Fsp3) is 0.417. The van der Waals surface area contributed by atoms with Gasteiger partial charge < -0.3 is 10.8 Å². The molecular formula is C12H14ClNO2. The Balaban J connectivity index is 2.47. The molecule has 16 heavy (non-hydrogen) atoms. The molecule has 0 fully saturated rings. The van der Waals surface area contributed by atoms with E-state index >= 15 is 0 Å². The van der Waals surface area contributed by atoms with Gasteiger partial charge in [-0.2, -0.15) is 0 Å². The molecule has 1 aromatic rings. The van der Waals surface area contributed by atoms with Gasteiger partial charge in [-0.05, 0) is 43.0 Å². The summed E-state index contributed by atoms with van der Waals surface area (Å²) in [6.07, 6.45) is 3.08. The first-order chi connectivity index (χ1) is 7.65. The van der Waals surface area contributed by atoms with Crippen molar-refractivity contribution in [3.8, 4) is 5.75 Å². The van der Waals surface area contributed by atoms with E-state index < -0.39 is 0 Å². The number of carbonyl (C=O) groups excluding carboxylic acids is 1. The van der Waals surface area contributed by atoms with E-state index in [1.807, 2.05) is 0 Å². The number of phenols is 1. The molecule has 0 bridgehead atoms. The van der Waals surface area contributed by atoms with Crippen LogP contribution >= 0.6 is 11.6 Å². The molecule has 1 aliphatic rings. The third-order valence-corrected chi connectivity index (χ3v) is 3.39. The number of benzene rings is 1. The zero-order valence-corrected chi connectivity index (χ0v) is 9.68. The van der Waals surface area contributed by atoms with Gasteiger partial charge in [0.05, 0.1) is 10.6 Å². The molecule has 3 N–H and O–H groups in total. The Bertz CT molecular complexity index is 443. The van der Waals surface area contributed by atoms with Crippen LogP contribution in [0.5, 0.6) is 5.75 Å². The molecule has 2 rings (SSSR count). The summed E-state index contributed by atoms with van der Waals surface area (Å²) in [5.41, 5.74) is 7.72. The van der Waals surface area contributed by atoms with Gasteiger partial charge in [-0.25, -0.2) is 0 Å². The monoisotopic (exact) mass is 239 g/mol. The molecule has 0 radical (unpaired) electrons. The van der Waals surface area contributed by atoms with Crippen LogP contribution in [0.1, 0.15) is 34.3 Å². The molecule has 0 aromatic heterocycles. The summed E-state index contributed by atoms with van der Waals surface area (Å²) in [5, 5.41) is 10.2. The number of aryl methyl sites for hydroxylation is 1. The molecule has 0 saturated heterocycles. The summed E-state index contributed by atoms with van der Waals surface area (Å²) in [4.78, 5) is 11.7. The van der Waals surface area contributed by atoms with Gasteiger partial charge in [-0.1, -0.05) is 11.6 Å². The van der Waals surface area contributed by atoms with Crippen molar-refractivity contribution in [3.63, 3.8) is 0 Å². The van der Waals surface area contributed by atoms with Crippen LogP contribution in [-0.2, 0) is 12.8 Å². The normalized spacial score (nSPS) is 13.9. The van der Waals surface area contributed by atoms with Crippen molar-refractivity contribution >= 4 is 17.4 Å². The highest BCUT2D eigenvalue weighted by Crippen LogP contribution is 2.38. The number of hydrogen-bond acceptors (Lipinski definition) is 3. The second kappa shape index (κ2) is 4.44. The number of halogens is 1. The number of Topliss-reactive ketones (excluding diaryl/α,β-unsaturated/α-hetero) is 1. The van der Waals surface area contributed by atoms with Crippen LogP contribution in [0.15, 0.2) is 6.07 Å². The van der Waals surface area contributed by atoms with E-state index in [0.29, 0.717) is 10.6 Å². The lowest BCUT2D eigenvalue weighted by Crippen LogP contribution is -2.09. The van der Waals surface area contributed by atoms with Crippen molar-refractivity contribution in [2.24, 2.45) is 5.73 Å². The maximum Gasteiger partial charge on any atom is 0.167 e. The van der Waals surface area contributed by atoms with Crippen molar-refractivity contribution < 1.29 is 9.90 Å². The Labute approximate surface area is 99.2 Å². The molecule has 0 spiro atoms. The van der Waals surface area contributed by atoms with Crippen LogP contribution in [0.3, 0.4) is 0 Å². The van der Waals surface area contributed by atoms with E-state index in [-0.39, 0.29) is 24.5 Å². The maximum absolute atomic E-state index is 11.7. The van der Waals surface area contributed by atoms with Gasteiger partial charge in [0, 0.05) is 6.42 Å². The van der Waals surface area contributed by atoms with Crippen molar-refractivity contribution in [1.82, 2.24) is 0 Å². The van der Waals surface area contributed by atoms with E-state index in [2.05, 4.69) is 0 Å². The minimum Gasteiger partial charge on any atom is -0.506 e. The number of aromatic hydroxyl groups is 1. The molecule has 0 saturated carbocycles. The topological polar surface area (TPSA) is 63.3 Å². The van der Waals surface area contributed by atoms with Gasteiger partial charge in [0.2, 0.25) is 0 Å². The smallest absolute Gasteiger partial charge is 0.167 e. The molecule has 0 atom stereocenters. The number of phenolic OH excluding ortho intramolecular Hbond substituents is 1. The summed E-state index contributed by atoms with van der Waals surface area (Å²) >= 11 is 6.05.